The lowest BCUT2D eigenvalue weighted by atomic mass is 9.95. The van der Waals surface area contributed by atoms with Gasteiger partial charge in [-0.1, -0.05) is 0 Å². The summed E-state index contributed by atoms with van der Waals surface area (Å²) in [5, 5.41) is 7.37. The van der Waals surface area contributed by atoms with Gasteiger partial charge < -0.3 is 10.2 Å². The predicted molar refractivity (Wildman–Crippen MR) is 122 cm³/mol. The number of halogens is 3. The van der Waals surface area contributed by atoms with Crippen LogP contribution >= 0.6 is 0 Å². The Morgan fingerprint density at radius 3 is 2.38 bits per heavy atom. The first-order valence-electron chi connectivity index (χ1n) is 11.0. The Balaban J connectivity index is 1.25. The van der Waals surface area contributed by atoms with Gasteiger partial charge in [-0.2, -0.15) is 5.10 Å². The number of carbonyl (C=O) groups excluding carboxylic acids is 1. The number of anilines is 1. The Kier molecular flexibility index (Phi) is 5.91. The SMILES string of the molecule is O=C(NCc1cc(F)cc(F)c1)C1CCN(c2nccn3nc(-c4ccc(F)cc4)cc23)CC1. The molecule has 1 aliphatic rings. The zero-order valence-electron chi connectivity index (χ0n) is 18.2. The first-order valence-corrected chi connectivity index (χ1v) is 11.0. The fraction of sp³-hybridized carbons (Fsp3) is 0.240. The molecule has 5 rings (SSSR count). The molecule has 4 aromatic rings. The molecule has 0 atom stereocenters. The van der Waals surface area contributed by atoms with Crippen LogP contribution < -0.4 is 10.2 Å². The standard InChI is InChI=1S/C25H22F3N5O/c26-19-3-1-17(2-4-19)22-14-23-24(29-7-10-33(23)31-22)32-8-5-18(6-9-32)25(34)30-15-16-11-20(27)13-21(28)12-16/h1-4,7,10-14,18H,5-6,8-9,15H2,(H,30,34). The fourth-order valence-corrected chi connectivity index (χ4v) is 4.31. The third kappa shape index (κ3) is 4.59. The van der Waals surface area contributed by atoms with Crippen molar-refractivity contribution in [2.24, 2.45) is 5.92 Å². The van der Waals surface area contributed by atoms with Crippen molar-refractivity contribution in [2.75, 3.05) is 18.0 Å². The van der Waals surface area contributed by atoms with E-state index in [0.29, 0.717) is 31.5 Å². The van der Waals surface area contributed by atoms with Gasteiger partial charge in [0.05, 0.1) is 5.69 Å². The highest BCUT2D eigenvalue weighted by molar-refractivity contribution is 5.79. The fourth-order valence-electron chi connectivity index (χ4n) is 4.31. The lowest BCUT2D eigenvalue weighted by Crippen LogP contribution is -2.40. The highest BCUT2D eigenvalue weighted by atomic mass is 19.1. The van der Waals surface area contributed by atoms with Crippen LogP contribution in [0.3, 0.4) is 0 Å². The zero-order chi connectivity index (χ0) is 23.7. The topological polar surface area (TPSA) is 62.5 Å². The molecule has 0 aliphatic carbocycles. The van der Waals surface area contributed by atoms with Crippen LogP contribution in [-0.2, 0) is 11.3 Å². The first kappa shape index (κ1) is 21.9. The molecule has 3 heterocycles. The maximum atomic E-state index is 13.4. The Labute approximate surface area is 194 Å². The highest BCUT2D eigenvalue weighted by Gasteiger charge is 2.27. The van der Waals surface area contributed by atoms with Gasteiger partial charge >= 0.3 is 0 Å². The minimum absolute atomic E-state index is 0.0799. The second-order valence-corrected chi connectivity index (χ2v) is 8.37. The van der Waals surface area contributed by atoms with E-state index in [2.05, 4.69) is 20.3 Å². The van der Waals surface area contributed by atoms with Gasteiger partial charge in [0, 0.05) is 49.6 Å². The second-order valence-electron chi connectivity index (χ2n) is 8.37. The predicted octanol–water partition coefficient (Wildman–Crippen LogP) is 4.35. The molecule has 1 saturated heterocycles. The van der Waals surface area contributed by atoms with Crippen LogP contribution in [-0.4, -0.2) is 33.6 Å². The monoisotopic (exact) mass is 465 g/mol. The summed E-state index contributed by atoms with van der Waals surface area (Å²) in [6, 6.07) is 11.3. The number of piperidine rings is 1. The molecule has 1 amide bonds. The molecule has 1 aliphatic heterocycles. The average molecular weight is 465 g/mol. The molecule has 9 heteroatoms. The van der Waals surface area contributed by atoms with Gasteiger partial charge in [-0.3, -0.25) is 4.79 Å². The van der Waals surface area contributed by atoms with Crippen LogP contribution in [0.15, 0.2) is 60.9 Å². The van der Waals surface area contributed by atoms with E-state index in [1.807, 2.05) is 6.07 Å². The Bertz CT molecular complexity index is 1310. The molecule has 6 nitrogen and oxygen atoms in total. The number of hydrogen-bond acceptors (Lipinski definition) is 4. The van der Waals surface area contributed by atoms with Gasteiger partial charge in [-0.15, -0.1) is 0 Å². The van der Waals surface area contributed by atoms with Gasteiger partial charge in [0.1, 0.15) is 23.0 Å². The normalized spacial score (nSPS) is 14.5. The van der Waals surface area contributed by atoms with E-state index in [1.54, 1.807) is 29.0 Å². The third-order valence-electron chi connectivity index (χ3n) is 6.06. The molecule has 1 fully saturated rings. The lowest BCUT2D eigenvalue weighted by Gasteiger charge is -2.32. The minimum Gasteiger partial charge on any atom is -0.355 e. The van der Waals surface area contributed by atoms with E-state index >= 15 is 0 Å². The molecule has 2 aromatic heterocycles. The van der Waals surface area contributed by atoms with E-state index in [0.717, 1.165) is 28.7 Å². The van der Waals surface area contributed by atoms with Gasteiger partial charge in [0.25, 0.3) is 0 Å². The van der Waals surface area contributed by atoms with Crippen molar-refractivity contribution in [3.05, 3.63) is 83.9 Å². The number of aromatic nitrogens is 3. The maximum absolute atomic E-state index is 13.4. The van der Waals surface area contributed by atoms with E-state index in [-0.39, 0.29) is 24.2 Å². The number of nitrogens with zero attached hydrogens (tertiary/aromatic N) is 4. The highest BCUT2D eigenvalue weighted by Crippen LogP contribution is 2.28. The van der Waals surface area contributed by atoms with Crippen molar-refractivity contribution in [1.29, 1.82) is 0 Å². The Morgan fingerprint density at radius 2 is 1.68 bits per heavy atom. The number of rotatable bonds is 5. The molecule has 0 bridgehead atoms. The van der Waals surface area contributed by atoms with Crippen molar-refractivity contribution in [2.45, 2.75) is 19.4 Å². The number of nitrogens with one attached hydrogen (secondary N) is 1. The summed E-state index contributed by atoms with van der Waals surface area (Å²) < 4.78 is 41.7. The lowest BCUT2D eigenvalue weighted by molar-refractivity contribution is -0.125. The Morgan fingerprint density at radius 1 is 0.971 bits per heavy atom. The summed E-state index contributed by atoms with van der Waals surface area (Å²) in [4.78, 5) is 19.3. The van der Waals surface area contributed by atoms with Crippen LogP contribution in [0.25, 0.3) is 16.8 Å². The number of hydrogen-bond donors (Lipinski definition) is 1. The Hall–Kier alpha value is -3.88. The second kappa shape index (κ2) is 9.17. The smallest absolute Gasteiger partial charge is 0.223 e. The molecular weight excluding hydrogens is 443 g/mol. The van der Waals surface area contributed by atoms with Gasteiger partial charge in [-0.25, -0.2) is 22.7 Å². The summed E-state index contributed by atoms with van der Waals surface area (Å²) in [5.41, 5.74) is 2.75. The van der Waals surface area contributed by atoms with Crippen LogP contribution in [0.5, 0.6) is 0 Å². The van der Waals surface area contributed by atoms with Crippen molar-refractivity contribution in [1.82, 2.24) is 19.9 Å². The number of benzene rings is 2. The van der Waals surface area contributed by atoms with Crippen molar-refractivity contribution in [3.8, 4) is 11.3 Å². The van der Waals surface area contributed by atoms with Crippen molar-refractivity contribution in [3.63, 3.8) is 0 Å². The van der Waals surface area contributed by atoms with Crippen LogP contribution in [0.1, 0.15) is 18.4 Å². The molecule has 0 radical (unpaired) electrons. The van der Waals surface area contributed by atoms with Crippen molar-refractivity contribution < 1.29 is 18.0 Å². The van der Waals surface area contributed by atoms with Gasteiger partial charge in [-0.05, 0) is 60.9 Å². The summed E-state index contributed by atoms with van der Waals surface area (Å²) in [6.45, 7) is 1.35. The molecule has 0 unspecified atom stereocenters. The van der Waals surface area contributed by atoms with Crippen molar-refractivity contribution >= 4 is 17.2 Å². The number of carbonyl (C=O) groups is 1. The number of amides is 1. The molecule has 174 valence electrons. The maximum Gasteiger partial charge on any atom is 0.223 e. The first-order chi connectivity index (χ1) is 16.5. The quantitative estimate of drug-likeness (QED) is 0.476. The zero-order valence-corrected chi connectivity index (χ0v) is 18.2. The van der Waals surface area contributed by atoms with E-state index in [9.17, 15) is 18.0 Å². The van der Waals surface area contributed by atoms with Crippen LogP contribution in [0.2, 0.25) is 0 Å². The summed E-state index contributed by atoms with van der Waals surface area (Å²) >= 11 is 0. The van der Waals surface area contributed by atoms with Crippen LogP contribution in [0.4, 0.5) is 19.0 Å². The van der Waals surface area contributed by atoms with Gasteiger partial charge in [0.2, 0.25) is 5.91 Å². The summed E-state index contributed by atoms with van der Waals surface area (Å²) in [5.74, 6) is -1.17. The van der Waals surface area contributed by atoms with E-state index in [4.69, 9.17) is 0 Å². The molecule has 1 N–H and O–H groups in total. The minimum atomic E-state index is -0.665. The van der Waals surface area contributed by atoms with Gasteiger partial charge in [0.15, 0.2) is 5.82 Å². The van der Waals surface area contributed by atoms with E-state index in [1.165, 1.54) is 24.3 Å². The van der Waals surface area contributed by atoms with Crippen LogP contribution in [0, 0.1) is 23.4 Å². The molecule has 0 saturated carbocycles. The largest absolute Gasteiger partial charge is 0.355 e. The number of fused-ring (bicyclic) bond motifs is 1. The molecule has 2 aromatic carbocycles. The average Bonchev–Trinajstić information content (AvgIpc) is 3.27. The van der Waals surface area contributed by atoms with E-state index < -0.39 is 11.6 Å². The molecular formula is C25H22F3N5O. The summed E-state index contributed by atoms with van der Waals surface area (Å²) in [6.07, 6.45) is 4.71. The third-order valence-corrected chi connectivity index (χ3v) is 6.06. The molecule has 34 heavy (non-hydrogen) atoms. The molecule has 0 spiro atoms. The summed E-state index contributed by atoms with van der Waals surface area (Å²) in [7, 11) is 0.